The van der Waals surface area contributed by atoms with E-state index in [1.807, 2.05) is 21.1 Å². The van der Waals surface area contributed by atoms with Crippen LogP contribution in [-0.2, 0) is 33.3 Å². The molecule has 0 radical (unpaired) electrons. The number of esters is 2. The second kappa shape index (κ2) is 75.0. The first-order chi connectivity index (χ1) is 46.6. The predicted octanol–water partition coefficient (Wildman–Crippen LogP) is 25.0. The quantitative estimate of drug-likeness (QED) is 0.0211. The minimum atomic E-state index is -1.52. The van der Waals surface area contributed by atoms with Gasteiger partial charge in [-0.2, -0.15) is 0 Å². The van der Waals surface area contributed by atoms with Crippen LogP contribution in [0.4, 0.5) is 0 Å². The van der Waals surface area contributed by atoms with Crippen molar-refractivity contribution in [3.05, 3.63) is 146 Å². The first-order valence-electron chi connectivity index (χ1n) is 39.0. The molecule has 95 heavy (non-hydrogen) atoms. The van der Waals surface area contributed by atoms with Crippen molar-refractivity contribution < 1.29 is 42.9 Å². The van der Waals surface area contributed by atoms with E-state index in [-0.39, 0.29) is 32.2 Å². The highest BCUT2D eigenvalue weighted by Gasteiger charge is 2.25. The highest BCUT2D eigenvalue weighted by atomic mass is 16.7. The maximum Gasteiger partial charge on any atom is 0.361 e. The SMILES string of the molecule is CC/C=C\C/C=C\C/C=C\C/C=C\C/C=C\C/C=C\C/C=C\C/C=C\CCCCCCCCCCCCCCCCCCC(=O)OC(COC(=O)CCCCCCCCCCCCCCCCCC/C=C\C/C=C\C/C=C\C/C=C\CC)COC(OCC[N+](C)(C)C)C(=O)O. The molecule has 9 heteroatoms. The molecule has 0 fully saturated rings. The summed E-state index contributed by atoms with van der Waals surface area (Å²) in [6, 6.07) is 0. The van der Waals surface area contributed by atoms with E-state index in [4.69, 9.17) is 18.9 Å². The third kappa shape index (κ3) is 76.4. The first-order valence-corrected chi connectivity index (χ1v) is 39.0. The van der Waals surface area contributed by atoms with E-state index < -0.39 is 24.3 Å². The number of allylic oxidation sites excluding steroid dienone is 24. The number of carbonyl (C=O) groups is 3. The number of hydrogen-bond donors (Lipinski definition) is 1. The van der Waals surface area contributed by atoms with E-state index in [0.29, 0.717) is 17.4 Å². The third-order valence-electron chi connectivity index (χ3n) is 16.6. The minimum Gasteiger partial charge on any atom is -0.477 e. The zero-order valence-electron chi connectivity index (χ0n) is 62.0. The summed E-state index contributed by atoms with van der Waals surface area (Å²) in [5.74, 6) is -2.00. The summed E-state index contributed by atoms with van der Waals surface area (Å²) in [5, 5.41) is 9.77. The fraction of sp³-hybridized carbons (Fsp3) is 0.686. The number of quaternary nitrogens is 1. The number of unbranched alkanes of at least 4 members (excludes halogenated alkanes) is 32. The Morgan fingerprint density at radius 3 is 0.842 bits per heavy atom. The van der Waals surface area contributed by atoms with Gasteiger partial charge in [-0.3, -0.25) is 9.59 Å². The van der Waals surface area contributed by atoms with Gasteiger partial charge in [0, 0.05) is 12.8 Å². The molecule has 0 heterocycles. The van der Waals surface area contributed by atoms with Crippen molar-refractivity contribution in [3.8, 4) is 0 Å². The molecule has 0 bridgehead atoms. The number of carboxylic acid groups (broad SMARTS) is 1. The molecular formula is C86H146NO8+. The lowest BCUT2D eigenvalue weighted by molar-refractivity contribution is -0.870. The lowest BCUT2D eigenvalue weighted by atomic mass is 10.0. The number of carbonyl (C=O) groups excluding carboxylic acids is 2. The van der Waals surface area contributed by atoms with Crippen molar-refractivity contribution in [1.82, 2.24) is 0 Å². The summed E-state index contributed by atoms with van der Waals surface area (Å²) in [6.45, 7) is 4.67. The zero-order chi connectivity index (χ0) is 69.0. The van der Waals surface area contributed by atoms with Gasteiger partial charge in [-0.05, 0) is 116 Å². The van der Waals surface area contributed by atoms with Crippen LogP contribution >= 0.6 is 0 Å². The molecule has 0 amide bonds. The molecule has 2 unspecified atom stereocenters. The van der Waals surface area contributed by atoms with Gasteiger partial charge in [0.15, 0.2) is 6.10 Å². The number of rotatable bonds is 71. The van der Waals surface area contributed by atoms with E-state index in [1.54, 1.807) is 0 Å². The molecule has 2 atom stereocenters. The zero-order valence-corrected chi connectivity index (χ0v) is 62.0. The maximum atomic E-state index is 13.0. The molecule has 9 nitrogen and oxygen atoms in total. The van der Waals surface area contributed by atoms with Gasteiger partial charge in [0.1, 0.15) is 13.2 Å². The Kier molecular flexibility index (Phi) is 71.1. The Bertz CT molecular complexity index is 2080. The van der Waals surface area contributed by atoms with Crippen LogP contribution in [-0.4, -0.2) is 87.4 Å². The third-order valence-corrected chi connectivity index (χ3v) is 16.6. The first kappa shape index (κ1) is 90.2. The van der Waals surface area contributed by atoms with E-state index in [9.17, 15) is 19.5 Å². The van der Waals surface area contributed by atoms with Crippen LogP contribution in [0.25, 0.3) is 0 Å². The summed E-state index contributed by atoms with van der Waals surface area (Å²) >= 11 is 0. The van der Waals surface area contributed by atoms with Gasteiger partial charge in [-0.1, -0.05) is 339 Å². The fourth-order valence-corrected chi connectivity index (χ4v) is 10.7. The average molecular weight is 1320 g/mol. The summed E-state index contributed by atoms with van der Waals surface area (Å²) in [4.78, 5) is 37.7. The standard InChI is InChI=1S/C86H145NO8/c1-6-8-10-12-14-16-18-20-22-24-26-28-30-32-34-36-37-38-39-40-41-42-43-44-45-46-47-49-51-53-55-57-59-61-63-65-67-69-71-73-75-77-84(89)95-82(81-94-86(85(90)91)92-79-78-87(3,4)5)80-93-83(88)76-74-72-70-68-66-64-62-60-58-56-54-52-50-48-35-33-31-29-27-25-23-21-19-17-15-13-11-9-7-2/h8-11,14-17,20-23,26-29,32,34,37-38,40-41,43-44,82,86H,6-7,12-13,18-19,24-25,30-31,33,35-36,39,42,45-81H2,1-5H3/p+1/b10-8-,11-9-,16-14-,17-15-,22-20-,23-21-,28-26-,29-27-,34-32-,38-37-,41-40-,44-43-. The van der Waals surface area contributed by atoms with Crippen molar-refractivity contribution in [2.45, 2.75) is 334 Å². The second-order valence-corrected chi connectivity index (χ2v) is 26.9. The topological polar surface area (TPSA) is 108 Å². The van der Waals surface area contributed by atoms with Crippen LogP contribution in [0.3, 0.4) is 0 Å². The van der Waals surface area contributed by atoms with Gasteiger partial charge in [0.05, 0.1) is 34.4 Å². The molecule has 0 saturated heterocycles. The molecule has 542 valence electrons. The monoisotopic (exact) mass is 1320 g/mol. The Morgan fingerprint density at radius 1 is 0.316 bits per heavy atom. The average Bonchev–Trinajstić information content (AvgIpc) is 3.54. The lowest BCUT2D eigenvalue weighted by Crippen LogP contribution is -2.40. The summed E-state index contributed by atoms with van der Waals surface area (Å²) in [5.41, 5.74) is 0. The smallest absolute Gasteiger partial charge is 0.361 e. The van der Waals surface area contributed by atoms with Gasteiger partial charge in [0.2, 0.25) is 0 Å². The number of carboxylic acids is 1. The highest BCUT2D eigenvalue weighted by molar-refractivity contribution is 5.71. The molecule has 0 spiro atoms. The van der Waals surface area contributed by atoms with E-state index >= 15 is 0 Å². The number of nitrogens with zero attached hydrogens (tertiary/aromatic N) is 1. The van der Waals surface area contributed by atoms with Gasteiger partial charge >= 0.3 is 17.9 Å². The molecule has 0 aromatic rings. The molecular weight excluding hydrogens is 1170 g/mol. The summed E-state index contributed by atoms with van der Waals surface area (Å²) in [6.07, 6.45) is 107. The Balaban J connectivity index is 4.05. The highest BCUT2D eigenvalue weighted by Crippen LogP contribution is 2.18. The summed E-state index contributed by atoms with van der Waals surface area (Å²) in [7, 11) is 5.98. The van der Waals surface area contributed by atoms with Gasteiger partial charge < -0.3 is 28.5 Å². The largest absolute Gasteiger partial charge is 0.477 e. The van der Waals surface area contributed by atoms with Crippen LogP contribution in [0.5, 0.6) is 0 Å². The normalized spacial score (nSPS) is 13.5. The van der Waals surface area contributed by atoms with Crippen molar-refractivity contribution >= 4 is 17.9 Å². The number of aliphatic carboxylic acids is 1. The molecule has 0 aliphatic carbocycles. The molecule has 0 aromatic carbocycles. The van der Waals surface area contributed by atoms with Crippen molar-refractivity contribution in [2.75, 3.05) is 47.5 Å². The number of likely N-dealkylation sites (N-methyl/N-ethyl adjacent to an activating group) is 1. The van der Waals surface area contributed by atoms with Crippen LogP contribution in [0, 0.1) is 0 Å². The van der Waals surface area contributed by atoms with Crippen LogP contribution in [0.15, 0.2) is 146 Å². The Hall–Kier alpha value is -4.83. The Labute approximate surface area is 585 Å². The van der Waals surface area contributed by atoms with Crippen molar-refractivity contribution in [1.29, 1.82) is 0 Å². The fourth-order valence-electron chi connectivity index (χ4n) is 10.7. The van der Waals surface area contributed by atoms with Crippen LogP contribution in [0.1, 0.15) is 322 Å². The number of ether oxygens (including phenoxy) is 4. The molecule has 1 N–H and O–H groups in total. The molecule has 0 rings (SSSR count). The lowest BCUT2D eigenvalue weighted by Gasteiger charge is -2.25. The second-order valence-electron chi connectivity index (χ2n) is 26.9. The van der Waals surface area contributed by atoms with Crippen LogP contribution < -0.4 is 0 Å². The van der Waals surface area contributed by atoms with Gasteiger partial charge in [0.25, 0.3) is 6.29 Å². The molecule has 0 saturated carbocycles. The Morgan fingerprint density at radius 2 is 0.568 bits per heavy atom. The van der Waals surface area contributed by atoms with E-state index in [2.05, 4.69) is 160 Å². The van der Waals surface area contributed by atoms with Crippen molar-refractivity contribution in [3.63, 3.8) is 0 Å². The van der Waals surface area contributed by atoms with Crippen molar-refractivity contribution in [2.24, 2.45) is 0 Å². The number of hydrogen-bond acceptors (Lipinski definition) is 7. The van der Waals surface area contributed by atoms with Gasteiger partial charge in [-0.15, -0.1) is 0 Å². The molecule has 0 aromatic heterocycles. The summed E-state index contributed by atoms with van der Waals surface area (Å²) < 4.78 is 23.0. The predicted molar refractivity (Wildman–Crippen MR) is 410 cm³/mol. The van der Waals surface area contributed by atoms with E-state index in [0.717, 1.165) is 116 Å². The van der Waals surface area contributed by atoms with E-state index in [1.165, 1.54) is 180 Å². The maximum absolute atomic E-state index is 13.0. The molecule has 0 aliphatic heterocycles. The minimum absolute atomic E-state index is 0.184. The van der Waals surface area contributed by atoms with Crippen LogP contribution in [0.2, 0.25) is 0 Å². The molecule has 0 aliphatic rings. The van der Waals surface area contributed by atoms with Gasteiger partial charge in [-0.25, -0.2) is 4.79 Å².